The first-order chi connectivity index (χ1) is 16.1. The van der Waals surface area contributed by atoms with Crippen molar-refractivity contribution in [2.45, 2.75) is 26.7 Å². The quantitative estimate of drug-likeness (QED) is 0.411. The highest BCUT2D eigenvalue weighted by Crippen LogP contribution is 2.23. The van der Waals surface area contributed by atoms with Gasteiger partial charge in [0.05, 0.1) is 0 Å². The Hall–Kier alpha value is -3.44. The molecule has 0 unspecified atom stereocenters. The molecule has 33 heavy (non-hydrogen) atoms. The molecule has 0 spiro atoms. The van der Waals surface area contributed by atoms with Gasteiger partial charge < -0.3 is 16.0 Å². The monoisotopic (exact) mass is 447 g/mol. The lowest BCUT2D eigenvalue weighted by Gasteiger charge is -2.22. The molecule has 4 nitrogen and oxygen atoms in total. The highest BCUT2D eigenvalue weighted by atomic mass is 19.1. The van der Waals surface area contributed by atoms with Gasteiger partial charge in [-0.1, -0.05) is 93.4 Å². The molecule has 3 aromatic rings. The number of nitrogens with one attached hydrogen (secondary N) is 1. The summed E-state index contributed by atoms with van der Waals surface area (Å²) >= 11 is 0. The molecule has 0 bridgehead atoms. The molecule has 3 aromatic carbocycles. The normalized spacial score (nSPS) is 9.94. The number of halogens is 1. The largest absolute Gasteiger partial charge is 0.329 e. The van der Waals surface area contributed by atoms with Gasteiger partial charge in [-0.25, -0.2) is 9.18 Å². The summed E-state index contributed by atoms with van der Waals surface area (Å²) in [5.41, 5.74) is 9.45. The molecule has 0 atom stereocenters. The van der Waals surface area contributed by atoms with Crippen molar-refractivity contribution in [3.8, 4) is 0 Å². The van der Waals surface area contributed by atoms with E-state index in [2.05, 4.69) is 19.2 Å². The predicted molar refractivity (Wildman–Crippen MR) is 137 cm³/mol. The minimum Gasteiger partial charge on any atom is -0.329 e. The Morgan fingerprint density at radius 3 is 1.85 bits per heavy atom. The van der Waals surface area contributed by atoms with Gasteiger partial charge in [0, 0.05) is 25.3 Å². The standard InChI is InChI=1S/C24H24FN3O.C4H10/c25-21-11-13-22(14-12-21)27-24(29)28(18-16-26)17-15-23(19-7-3-1-4-8-19)20-9-5-2-6-10-20;1-3-4-2/h1-15H,16-18,26H2,(H,27,29);3-4H2,1-2H3. The first kappa shape index (κ1) is 25.8. The number of carbonyl (C=O) groups excluding carboxylic acids is 1. The fourth-order valence-electron chi connectivity index (χ4n) is 3.01. The van der Waals surface area contributed by atoms with Crippen LogP contribution in [0.25, 0.3) is 5.57 Å². The summed E-state index contributed by atoms with van der Waals surface area (Å²) in [7, 11) is 0. The fraction of sp³-hybridized carbons (Fsp3) is 0.250. The number of amides is 2. The van der Waals surface area contributed by atoms with E-state index >= 15 is 0 Å². The molecular weight excluding hydrogens is 413 g/mol. The summed E-state index contributed by atoms with van der Waals surface area (Å²) in [6.45, 7) is 5.50. The number of benzene rings is 3. The van der Waals surface area contributed by atoms with Crippen molar-refractivity contribution >= 4 is 17.3 Å². The number of hydrogen-bond donors (Lipinski definition) is 2. The van der Waals surface area contributed by atoms with Crippen molar-refractivity contribution in [3.05, 3.63) is 108 Å². The number of carbonyl (C=O) groups is 1. The lowest BCUT2D eigenvalue weighted by Crippen LogP contribution is -2.38. The minimum absolute atomic E-state index is 0.279. The maximum Gasteiger partial charge on any atom is 0.322 e. The average Bonchev–Trinajstić information content (AvgIpc) is 2.86. The van der Waals surface area contributed by atoms with E-state index in [4.69, 9.17) is 5.73 Å². The van der Waals surface area contributed by atoms with Crippen LogP contribution in [0, 0.1) is 5.82 Å². The molecule has 3 rings (SSSR count). The second-order valence-corrected chi connectivity index (χ2v) is 7.52. The van der Waals surface area contributed by atoms with Gasteiger partial charge in [0.15, 0.2) is 0 Å². The summed E-state index contributed by atoms with van der Waals surface area (Å²) in [6, 6.07) is 25.5. The highest BCUT2D eigenvalue weighted by Gasteiger charge is 2.13. The van der Waals surface area contributed by atoms with E-state index in [0.29, 0.717) is 25.3 Å². The van der Waals surface area contributed by atoms with Gasteiger partial charge in [-0.15, -0.1) is 0 Å². The van der Waals surface area contributed by atoms with Crippen LogP contribution in [-0.2, 0) is 0 Å². The topological polar surface area (TPSA) is 58.4 Å². The number of unbranched alkanes of at least 4 members (excludes halogenated alkanes) is 1. The summed E-state index contributed by atoms with van der Waals surface area (Å²) < 4.78 is 13.1. The fourth-order valence-corrected chi connectivity index (χ4v) is 3.01. The van der Waals surface area contributed by atoms with Crippen LogP contribution in [0.4, 0.5) is 14.9 Å². The molecule has 0 heterocycles. The first-order valence-electron chi connectivity index (χ1n) is 11.4. The van der Waals surface area contributed by atoms with E-state index in [0.717, 1.165) is 16.7 Å². The number of nitrogens with two attached hydrogens (primary N) is 1. The Labute approximate surface area is 196 Å². The predicted octanol–water partition coefficient (Wildman–Crippen LogP) is 6.56. The molecule has 0 aromatic heterocycles. The molecule has 0 aliphatic carbocycles. The number of anilines is 1. The Morgan fingerprint density at radius 1 is 0.879 bits per heavy atom. The van der Waals surface area contributed by atoms with E-state index in [-0.39, 0.29) is 11.8 Å². The van der Waals surface area contributed by atoms with Gasteiger partial charge in [-0.3, -0.25) is 0 Å². The van der Waals surface area contributed by atoms with Gasteiger partial charge in [0.25, 0.3) is 0 Å². The van der Waals surface area contributed by atoms with Crippen molar-refractivity contribution in [1.29, 1.82) is 0 Å². The first-order valence-corrected chi connectivity index (χ1v) is 11.4. The molecule has 0 aliphatic heterocycles. The zero-order valence-corrected chi connectivity index (χ0v) is 19.5. The van der Waals surface area contributed by atoms with Gasteiger partial charge in [0.2, 0.25) is 0 Å². The van der Waals surface area contributed by atoms with E-state index in [9.17, 15) is 9.18 Å². The van der Waals surface area contributed by atoms with Crippen LogP contribution in [0.3, 0.4) is 0 Å². The van der Waals surface area contributed by atoms with E-state index in [1.54, 1.807) is 4.90 Å². The average molecular weight is 448 g/mol. The Bertz CT molecular complexity index is 930. The van der Waals surface area contributed by atoms with Crippen LogP contribution in [0.1, 0.15) is 37.8 Å². The SMILES string of the molecule is CCCC.NCCN(CC=C(c1ccccc1)c1ccccc1)C(=O)Nc1ccc(F)cc1. The van der Waals surface area contributed by atoms with Crippen LogP contribution < -0.4 is 11.1 Å². The zero-order chi connectivity index (χ0) is 23.9. The lowest BCUT2D eigenvalue weighted by atomic mass is 9.97. The molecule has 0 saturated carbocycles. The number of rotatable bonds is 8. The van der Waals surface area contributed by atoms with E-state index in [1.807, 2.05) is 66.7 Å². The van der Waals surface area contributed by atoms with Crippen LogP contribution >= 0.6 is 0 Å². The van der Waals surface area contributed by atoms with Gasteiger partial charge >= 0.3 is 6.03 Å². The van der Waals surface area contributed by atoms with Crippen molar-refractivity contribution in [2.75, 3.05) is 25.0 Å². The Balaban J connectivity index is 0.000000890. The van der Waals surface area contributed by atoms with Gasteiger partial charge in [-0.05, 0) is 41.0 Å². The molecule has 0 aliphatic rings. The van der Waals surface area contributed by atoms with Crippen LogP contribution in [0.15, 0.2) is 91.0 Å². The summed E-state index contributed by atoms with van der Waals surface area (Å²) in [6.07, 6.45) is 4.67. The van der Waals surface area contributed by atoms with Gasteiger partial charge in [-0.2, -0.15) is 0 Å². The maximum absolute atomic E-state index is 13.1. The number of hydrogen-bond acceptors (Lipinski definition) is 2. The second-order valence-electron chi connectivity index (χ2n) is 7.52. The Kier molecular flexibility index (Phi) is 11.4. The molecule has 5 heteroatoms. The Morgan fingerprint density at radius 2 is 1.39 bits per heavy atom. The summed E-state index contributed by atoms with van der Waals surface area (Å²) in [5, 5.41) is 2.79. The molecule has 0 radical (unpaired) electrons. The molecule has 2 amide bonds. The molecule has 174 valence electrons. The van der Waals surface area contributed by atoms with Gasteiger partial charge in [0.1, 0.15) is 5.82 Å². The summed E-state index contributed by atoms with van der Waals surface area (Å²) in [4.78, 5) is 14.3. The zero-order valence-electron chi connectivity index (χ0n) is 19.5. The van der Waals surface area contributed by atoms with E-state index in [1.165, 1.54) is 37.1 Å². The third-order valence-electron chi connectivity index (χ3n) is 4.97. The molecule has 3 N–H and O–H groups in total. The molecule has 0 fully saturated rings. The van der Waals surface area contributed by atoms with Crippen molar-refractivity contribution in [2.24, 2.45) is 5.73 Å². The van der Waals surface area contributed by atoms with Crippen molar-refractivity contribution < 1.29 is 9.18 Å². The number of urea groups is 1. The van der Waals surface area contributed by atoms with E-state index < -0.39 is 0 Å². The highest BCUT2D eigenvalue weighted by molar-refractivity contribution is 5.89. The van der Waals surface area contributed by atoms with Crippen LogP contribution in [0.2, 0.25) is 0 Å². The van der Waals surface area contributed by atoms with Crippen LogP contribution in [-0.4, -0.2) is 30.6 Å². The third-order valence-corrected chi connectivity index (χ3v) is 4.97. The maximum atomic E-state index is 13.1. The van der Waals surface area contributed by atoms with Crippen molar-refractivity contribution in [3.63, 3.8) is 0 Å². The second kappa shape index (κ2) is 14.6. The number of nitrogens with zero attached hydrogens (tertiary/aromatic N) is 1. The summed E-state index contributed by atoms with van der Waals surface area (Å²) in [5.74, 6) is -0.347. The van der Waals surface area contributed by atoms with Crippen molar-refractivity contribution in [1.82, 2.24) is 4.90 Å². The third kappa shape index (κ3) is 8.91. The minimum atomic E-state index is -0.347. The molecular formula is C28H34FN3O. The lowest BCUT2D eigenvalue weighted by molar-refractivity contribution is 0.218. The van der Waals surface area contributed by atoms with Crippen LogP contribution in [0.5, 0.6) is 0 Å². The smallest absolute Gasteiger partial charge is 0.322 e. The molecule has 0 saturated heterocycles.